The van der Waals surface area contributed by atoms with E-state index in [2.05, 4.69) is 5.32 Å². The second-order valence-corrected chi connectivity index (χ2v) is 5.87. The minimum atomic E-state index is -4.78. The zero-order chi connectivity index (χ0) is 19.2. The molecule has 2 N–H and O–H groups in total. The minimum absolute atomic E-state index is 0.0435. The van der Waals surface area contributed by atoms with Gasteiger partial charge in [0.1, 0.15) is 6.04 Å². The number of halogens is 5. The van der Waals surface area contributed by atoms with Crippen LogP contribution in [0.2, 0.25) is 0 Å². The number of hydrogen-bond donors (Lipinski definition) is 2. The van der Waals surface area contributed by atoms with Crippen LogP contribution >= 0.6 is 11.9 Å². The molecule has 1 aromatic rings. The topological polar surface area (TPSA) is 56.2 Å². The van der Waals surface area contributed by atoms with Crippen LogP contribution in [0.15, 0.2) is 29.2 Å². The van der Waals surface area contributed by atoms with Crippen LogP contribution < -0.4 is 5.32 Å². The number of benzene rings is 1. The molecule has 0 aliphatic carbocycles. The maximum Gasteiger partial charge on any atom is 0.408 e. The van der Waals surface area contributed by atoms with Gasteiger partial charge in [-0.2, -0.15) is 13.2 Å². The van der Waals surface area contributed by atoms with E-state index in [9.17, 15) is 26.7 Å². The Bertz CT molecular complexity index is 663. The molecule has 0 saturated heterocycles. The van der Waals surface area contributed by atoms with Gasteiger partial charge in [0, 0.05) is 30.8 Å². The normalized spacial score (nSPS) is 13.7. The van der Waals surface area contributed by atoms with Crippen LogP contribution in [0.4, 0.5) is 22.0 Å². The van der Waals surface area contributed by atoms with Crippen LogP contribution in [0.3, 0.4) is 0 Å². The Morgan fingerprint density at radius 1 is 1.36 bits per heavy atom. The van der Waals surface area contributed by atoms with Crippen molar-refractivity contribution in [2.24, 2.45) is 0 Å². The molecule has 0 aromatic heterocycles. The van der Waals surface area contributed by atoms with E-state index in [1.807, 2.05) is 0 Å². The smallest absolute Gasteiger partial charge is 0.356 e. The number of hydrogen-bond acceptors (Lipinski definition) is 4. The predicted octanol–water partition coefficient (Wildman–Crippen LogP) is 3.82. The summed E-state index contributed by atoms with van der Waals surface area (Å²) in [5.74, 6) is -3.22. The lowest BCUT2D eigenvalue weighted by Crippen LogP contribution is -2.34. The summed E-state index contributed by atoms with van der Waals surface area (Å²) in [5, 5.41) is 9.51. The third-order valence-corrected chi connectivity index (χ3v) is 4.20. The molecular formula is C15H16F5N3OS. The number of carbonyl (C=O) groups excluding carboxylic acids is 1. The van der Waals surface area contributed by atoms with Gasteiger partial charge in [0.25, 0.3) is 0 Å². The van der Waals surface area contributed by atoms with Crippen molar-refractivity contribution >= 4 is 24.1 Å². The van der Waals surface area contributed by atoms with E-state index in [1.54, 1.807) is 0 Å². The number of carbonyl (C=O) groups is 1. The highest BCUT2D eigenvalue weighted by molar-refractivity contribution is 8.01. The number of nitrogens with zero attached hydrogens (tertiary/aromatic N) is 1. The molecule has 0 unspecified atom stereocenters. The van der Waals surface area contributed by atoms with Crippen LogP contribution in [0.5, 0.6) is 0 Å². The summed E-state index contributed by atoms with van der Waals surface area (Å²) >= 11 is 0.528. The number of allylic oxidation sites excluding steroid dienone is 1. The van der Waals surface area contributed by atoms with Crippen LogP contribution in [0.1, 0.15) is 18.5 Å². The van der Waals surface area contributed by atoms with Crippen molar-refractivity contribution in [3.05, 3.63) is 46.4 Å². The highest BCUT2D eigenvalue weighted by Crippen LogP contribution is 2.42. The van der Waals surface area contributed by atoms with Gasteiger partial charge in [0.15, 0.2) is 11.6 Å². The quantitative estimate of drug-likeness (QED) is 0.327. The van der Waals surface area contributed by atoms with Gasteiger partial charge in [0.2, 0.25) is 5.91 Å². The molecule has 1 rings (SSSR count). The SMILES string of the molecule is CCN(S/C(C=N)=C/C(=O)NC)[C@H](c1ccc(F)c(F)c1)C(F)(F)F. The molecule has 138 valence electrons. The maximum atomic E-state index is 13.5. The van der Waals surface area contributed by atoms with Gasteiger partial charge < -0.3 is 10.7 Å². The summed E-state index contributed by atoms with van der Waals surface area (Å²) < 4.78 is 67.8. The molecule has 0 aliphatic rings. The van der Waals surface area contributed by atoms with Crippen molar-refractivity contribution in [2.45, 2.75) is 19.1 Å². The first kappa shape index (κ1) is 21.1. The van der Waals surface area contributed by atoms with Crippen molar-refractivity contribution in [1.82, 2.24) is 9.62 Å². The molecule has 0 radical (unpaired) electrons. The van der Waals surface area contributed by atoms with Gasteiger partial charge in [-0.05, 0) is 29.6 Å². The van der Waals surface area contributed by atoms with E-state index in [1.165, 1.54) is 14.0 Å². The van der Waals surface area contributed by atoms with E-state index in [4.69, 9.17) is 5.41 Å². The number of alkyl halides is 3. The van der Waals surface area contributed by atoms with Crippen molar-refractivity contribution in [3.8, 4) is 0 Å². The molecule has 0 aliphatic heterocycles. The summed E-state index contributed by atoms with van der Waals surface area (Å²) in [4.78, 5) is 11.3. The van der Waals surface area contributed by atoms with Crippen molar-refractivity contribution in [1.29, 1.82) is 5.41 Å². The standard InChI is InChI=1S/C15H16F5N3OS/c1-3-23(25-10(8-21)7-13(24)22-2)14(15(18,19)20)9-4-5-11(16)12(17)6-9/h4-8,14,21H,3H2,1-2H3,(H,22,24)/b10-7+,21-8?/t14-/m1/s1. The van der Waals surface area contributed by atoms with E-state index < -0.39 is 35.3 Å². The van der Waals surface area contributed by atoms with Gasteiger partial charge in [-0.15, -0.1) is 0 Å². The molecule has 0 saturated carbocycles. The van der Waals surface area contributed by atoms with Gasteiger partial charge in [-0.1, -0.05) is 13.0 Å². The molecular weight excluding hydrogens is 365 g/mol. The van der Waals surface area contributed by atoms with Crippen molar-refractivity contribution < 1.29 is 26.7 Å². The van der Waals surface area contributed by atoms with Gasteiger partial charge in [-0.25, -0.2) is 13.1 Å². The molecule has 25 heavy (non-hydrogen) atoms. The minimum Gasteiger partial charge on any atom is -0.356 e. The van der Waals surface area contributed by atoms with Gasteiger partial charge >= 0.3 is 6.18 Å². The number of likely N-dealkylation sites (N-methyl/N-ethyl adjacent to an activating group) is 1. The van der Waals surface area contributed by atoms with Crippen molar-refractivity contribution in [2.75, 3.05) is 13.6 Å². The fourth-order valence-corrected chi connectivity index (χ4v) is 2.89. The summed E-state index contributed by atoms with van der Waals surface area (Å²) in [6, 6.07) is -0.277. The number of nitrogens with one attached hydrogen (secondary N) is 2. The molecule has 1 amide bonds. The molecule has 10 heteroatoms. The zero-order valence-corrected chi connectivity index (χ0v) is 14.1. The van der Waals surface area contributed by atoms with Gasteiger partial charge in [0.05, 0.1) is 0 Å². The number of rotatable bonds is 7. The average Bonchev–Trinajstić information content (AvgIpc) is 2.54. The third kappa shape index (κ3) is 5.82. The fourth-order valence-electron chi connectivity index (χ4n) is 1.93. The third-order valence-electron chi connectivity index (χ3n) is 3.05. The van der Waals surface area contributed by atoms with Crippen LogP contribution in [-0.4, -0.2) is 36.2 Å². The Balaban J connectivity index is 3.27. The average molecular weight is 381 g/mol. The lowest BCUT2D eigenvalue weighted by atomic mass is 10.1. The van der Waals surface area contributed by atoms with Crippen LogP contribution in [0.25, 0.3) is 0 Å². The molecule has 0 bridgehead atoms. The summed E-state index contributed by atoms with van der Waals surface area (Å²) in [7, 11) is 1.34. The molecule has 1 aromatic carbocycles. The molecule has 0 heterocycles. The molecule has 0 fully saturated rings. The maximum absolute atomic E-state index is 13.5. The van der Waals surface area contributed by atoms with E-state index in [0.29, 0.717) is 24.1 Å². The lowest BCUT2D eigenvalue weighted by molar-refractivity contribution is -0.172. The Kier molecular flexibility index (Phi) is 7.56. The molecule has 0 spiro atoms. The Labute approximate surface area is 145 Å². The first-order valence-electron chi connectivity index (χ1n) is 7.04. The van der Waals surface area contributed by atoms with E-state index >= 15 is 0 Å². The highest BCUT2D eigenvalue weighted by atomic mass is 32.2. The first-order chi connectivity index (χ1) is 11.6. The zero-order valence-electron chi connectivity index (χ0n) is 13.3. The second kappa shape index (κ2) is 8.95. The van der Waals surface area contributed by atoms with Gasteiger partial charge in [-0.3, -0.25) is 4.79 Å². The second-order valence-electron chi connectivity index (χ2n) is 4.75. The Morgan fingerprint density at radius 3 is 2.44 bits per heavy atom. The monoisotopic (exact) mass is 381 g/mol. The predicted molar refractivity (Wildman–Crippen MR) is 86.1 cm³/mol. The fraction of sp³-hybridized carbons (Fsp3) is 0.333. The first-order valence-corrected chi connectivity index (χ1v) is 7.81. The number of amides is 1. The Morgan fingerprint density at radius 2 is 2.00 bits per heavy atom. The van der Waals surface area contributed by atoms with Crippen LogP contribution in [0, 0.1) is 17.0 Å². The van der Waals surface area contributed by atoms with Crippen molar-refractivity contribution in [3.63, 3.8) is 0 Å². The summed E-state index contributed by atoms with van der Waals surface area (Å²) in [6.07, 6.45) is -3.08. The molecule has 1 atom stereocenters. The summed E-state index contributed by atoms with van der Waals surface area (Å²) in [5.41, 5.74) is -0.481. The largest absolute Gasteiger partial charge is 0.408 e. The summed E-state index contributed by atoms with van der Waals surface area (Å²) in [6.45, 7) is 1.31. The van der Waals surface area contributed by atoms with Crippen LogP contribution in [-0.2, 0) is 4.79 Å². The Hall–Kier alpha value is -1.94. The van der Waals surface area contributed by atoms with E-state index in [0.717, 1.165) is 22.7 Å². The lowest BCUT2D eigenvalue weighted by Gasteiger charge is -2.31. The van der Waals surface area contributed by atoms with E-state index in [-0.39, 0.29) is 11.4 Å². The highest BCUT2D eigenvalue weighted by Gasteiger charge is 2.45. The molecule has 4 nitrogen and oxygen atoms in total.